The lowest BCUT2D eigenvalue weighted by atomic mass is 9.94. The Balaban J connectivity index is 2.10. The topological polar surface area (TPSA) is 131 Å². The van der Waals surface area contributed by atoms with Crippen LogP contribution in [0.5, 0.6) is 11.5 Å². The summed E-state index contributed by atoms with van der Waals surface area (Å²) in [5.41, 5.74) is 8.49. The molecule has 3 aromatic rings. The van der Waals surface area contributed by atoms with Crippen molar-refractivity contribution in [3.63, 3.8) is 0 Å². The monoisotopic (exact) mass is 406 g/mol. The third-order valence-electron chi connectivity index (χ3n) is 4.59. The van der Waals surface area contributed by atoms with Gasteiger partial charge in [-0.15, -0.1) is 0 Å². The Morgan fingerprint density at radius 2 is 1.80 bits per heavy atom. The lowest BCUT2D eigenvalue weighted by molar-refractivity contribution is -0.138. The maximum absolute atomic E-state index is 12.2. The quantitative estimate of drug-likeness (QED) is 0.333. The first-order valence-electron chi connectivity index (χ1n) is 9.04. The van der Waals surface area contributed by atoms with Crippen molar-refractivity contribution in [3.8, 4) is 22.6 Å². The first-order valence-corrected chi connectivity index (χ1v) is 9.04. The van der Waals surface area contributed by atoms with Crippen molar-refractivity contribution in [2.45, 2.75) is 6.04 Å². The van der Waals surface area contributed by atoms with E-state index in [0.29, 0.717) is 33.9 Å². The summed E-state index contributed by atoms with van der Waals surface area (Å²) in [7, 11) is 3.02. The molecule has 8 nitrogen and oxygen atoms in total. The normalized spacial score (nSPS) is 11.4. The van der Waals surface area contributed by atoms with Crippen LogP contribution in [0.4, 0.5) is 5.69 Å². The third kappa shape index (κ3) is 4.33. The number of nitrogens with zero attached hydrogens (tertiary/aromatic N) is 1. The van der Waals surface area contributed by atoms with E-state index >= 15 is 0 Å². The molecule has 8 heteroatoms. The van der Waals surface area contributed by atoms with E-state index in [-0.39, 0.29) is 5.84 Å². The summed E-state index contributed by atoms with van der Waals surface area (Å²) in [4.78, 5) is 16.4. The molecule has 1 heterocycles. The van der Waals surface area contributed by atoms with E-state index in [9.17, 15) is 9.90 Å². The Hall–Kier alpha value is -4.07. The van der Waals surface area contributed by atoms with E-state index in [0.717, 1.165) is 5.56 Å². The van der Waals surface area contributed by atoms with Gasteiger partial charge in [0.25, 0.3) is 0 Å². The number of pyridine rings is 1. The van der Waals surface area contributed by atoms with Crippen molar-refractivity contribution in [2.24, 2.45) is 5.73 Å². The van der Waals surface area contributed by atoms with Crippen molar-refractivity contribution in [3.05, 3.63) is 72.1 Å². The number of ether oxygens (including phenoxy) is 2. The van der Waals surface area contributed by atoms with Gasteiger partial charge in [0.2, 0.25) is 0 Å². The lowest BCUT2D eigenvalue weighted by Crippen LogP contribution is -2.21. The second-order valence-electron chi connectivity index (χ2n) is 6.44. The number of aromatic nitrogens is 1. The first-order chi connectivity index (χ1) is 14.4. The molecular weight excluding hydrogens is 384 g/mol. The highest BCUT2D eigenvalue weighted by Crippen LogP contribution is 2.39. The average Bonchev–Trinajstić information content (AvgIpc) is 2.77. The minimum absolute atomic E-state index is 0.0601. The van der Waals surface area contributed by atoms with Crippen LogP contribution in [-0.4, -0.2) is 36.1 Å². The van der Waals surface area contributed by atoms with Gasteiger partial charge in [-0.3, -0.25) is 10.4 Å². The van der Waals surface area contributed by atoms with Crippen molar-refractivity contribution in [1.29, 1.82) is 5.41 Å². The van der Waals surface area contributed by atoms with Gasteiger partial charge in [0.05, 0.1) is 14.2 Å². The summed E-state index contributed by atoms with van der Waals surface area (Å²) in [6.45, 7) is 0. The standard InChI is InChI=1S/C22H22N4O4/c1-29-18-10-16(14-4-3-9-25-12-14)17(11-19(18)30-2)20(22(27)28)26-15-7-5-13(6-8-15)21(23)24/h3-12,20,26H,1-2H3,(H3,23,24)(H,27,28). The summed E-state index contributed by atoms with van der Waals surface area (Å²) in [5.74, 6) is -0.228. The number of anilines is 1. The smallest absolute Gasteiger partial charge is 0.330 e. The van der Waals surface area contributed by atoms with E-state index in [4.69, 9.17) is 20.6 Å². The second kappa shape index (κ2) is 8.95. The van der Waals surface area contributed by atoms with Crippen molar-refractivity contribution in [1.82, 2.24) is 4.98 Å². The Morgan fingerprint density at radius 3 is 2.33 bits per heavy atom. The maximum Gasteiger partial charge on any atom is 0.330 e. The molecule has 0 aliphatic carbocycles. The number of hydrogen-bond acceptors (Lipinski definition) is 6. The largest absolute Gasteiger partial charge is 0.493 e. The van der Waals surface area contributed by atoms with Gasteiger partial charge in [-0.05, 0) is 53.6 Å². The minimum Gasteiger partial charge on any atom is -0.493 e. The van der Waals surface area contributed by atoms with Crippen molar-refractivity contribution < 1.29 is 19.4 Å². The number of benzene rings is 2. The zero-order valence-electron chi connectivity index (χ0n) is 16.5. The number of rotatable bonds is 8. The molecule has 154 valence electrons. The van der Waals surface area contributed by atoms with E-state index in [1.807, 2.05) is 6.07 Å². The molecule has 0 fully saturated rings. The molecule has 1 unspecified atom stereocenters. The van der Waals surface area contributed by atoms with Gasteiger partial charge in [-0.2, -0.15) is 0 Å². The fourth-order valence-corrected chi connectivity index (χ4v) is 3.09. The van der Waals surface area contributed by atoms with Crippen LogP contribution in [0.2, 0.25) is 0 Å². The number of carboxylic acid groups (broad SMARTS) is 1. The summed E-state index contributed by atoms with van der Waals surface area (Å²) >= 11 is 0. The van der Waals surface area contributed by atoms with Crippen molar-refractivity contribution >= 4 is 17.5 Å². The predicted molar refractivity (Wildman–Crippen MR) is 114 cm³/mol. The van der Waals surface area contributed by atoms with Gasteiger partial charge in [0.1, 0.15) is 5.84 Å². The molecule has 0 saturated carbocycles. The number of nitrogens with two attached hydrogens (primary N) is 1. The summed E-state index contributed by atoms with van der Waals surface area (Å²) < 4.78 is 10.8. The van der Waals surface area contributed by atoms with Gasteiger partial charge in [0.15, 0.2) is 17.5 Å². The van der Waals surface area contributed by atoms with E-state index in [2.05, 4.69) is 10.3 Å². The van der Waals surface area contributed by atoms with E-state index in [1.54, 1.807) is 54.9 Å². The second-order valence-corrected chi connectivity index (χ2v) is 6.44. The zero-order valence-corrected chi connectivity index (χ0v) is 16.5. The maximum atomic E-state index is 12.2. The minimum atomic E-state index is -1.08. The first kappa shape index (κ1) is 20.7. The molecule has 1 aromatic heterocycles. The number of hydrogen-bond donors (Lipinski definition) is 4. The van der Waals surface area contributed by atoms with E-state index < -0.39 is 12.0 Å². The summed E-state index contributed by atoms with van der Waals surface area (Å²) in [5, 5.41) is 20.5. The average molecular weight is 406 g/mol. The lowest BCUT2D eigenvalue weighted by Gasteiger charge is -2.22. The summed E-state index contributed by atoms with van der Waals surface area (Å²) in [6, 6.07) is 12.6. The molecular formula is C22H22N4O4. The third-order valence-corrected chi connectivity index (χ3v) is 4.59. The molecule has 5 N–H and O–H groups in total. The Morgan fingerprint density at radius 1 is 1.13 bits per heavy atom. The van der Waals surface area contributed by atoms with Gasteiger partial charge < -0.3 is 25.6 Å². The SMILES string of the molecule is COc1cc(-c2cccnc2)c(C(Nc2ccc(C(=N)N)cc2)C(=O)O)cc1OC. The van der Waals surface area contributed by atoms with Crippen LogP contribution in [0.1, 0.15) is 17.2 Å². The number of aliphatic carboxylic acids is 1. The van der Waals surface area contributed by atoms with Gasteiger partial charge in [-0.1, -0.05) is 6.07 Å². The molecule has 3 rings (SSSR count). The van der Waals surface area contributed by atoms with Crippen LogP contribution < -0.4 is 20.5 Å². The molecule has 1 atom stereocenters. The van der Waals surface area contributed by atoms with Crippen LogP contribution >= 0.6 is 0 Å². The number of carboxylic acids is 1. The number of carbonyl (C=O) groups is 1. The molecule has 0 saturated heterocycles. The van der Waals surface area contributed by atoms with Crippen molar-refractivity contribution in [2.75, 3.05) is 19.5 Å². The molecule has 0 amide bonds. The predicted octanol–water partition coefficient (Wildman–Crippen LogP) is 3.29. The summed E-state index contributed by atoms with van der Waals surface area (Å²) in [6.07, 6.45) is 3.30. The van der Waals surface area contributed by atoms with Crippen LogP contribution in [0.25, 0.3) is 11.1 Å². The Labute approximate surface area is 173 Å². The van der Waals surface area contributed by atoms with Gasteiger partial charge in [-0.25, -0.2) is 4.79 Å². The van der Waals surface area contributed by atoms with Gasteiger partial charge in [0, 0.05) is 29.2 Å². The zero-order chi connectivity index (χ0) is 21.7. The molecule has 30 heavy (non-hydrogen) atoms. The fourth-order valence-electron chi connectivity index (χ4n) is 3.09. The van der Waals surface area contributed by atoms with Crippen LogP contribution in [0.3, 0.4) is 0 Å². The Bertz CT molecular complexity index is 1050. The molecule has 0 aliphatic heterocycles. The van der Waals surface area contributed by atoms with Crippen LogP contribution in [0, 0.1) is 5.41 Å². The molecule has 0 bridgehead atoms. The fraction of sp³-hybridized carbons (Fsp3) is 0.136. The molecule has 0 radical (unpaired) electrons. The van der Waals surface area contributed by atoms with Crippen LogP contribution in [0.15, 0.2) is 60.9 Å². The number of methoxy groups -OCH3 is 2. The highest BCUT2D eigenvalue weighted by molar-refractivity contribution is 5.95. The highest BCUT2D eigenvalue weighted by atomic mass is 16.5. The number of nitrogen functional groups attached to an aromatic ring is 1. The Kier molecular flexibility index (Phi) is 6.17. The molecule has 0 spiro atoms. The van der Waals surface area contributed by atoms with Gasteiger partial charge >= 0.3 is 5.97 Å². The number of nitrogens with one attached hydrogen (secondary N) is 2. The van der Waals surface area contributed by atoms with Crippen LogP contribution in [-0.2, 0) is 4.79 Å². The highest BCUT2D eigenvalue weighted by Gasteiger charge is 2.26. The molecule has 0 aliphatic rings. The molecule has 2 aromatic carbocycles. The number of amidine groups is 1. The van der Waals surface area contributed by atoms with E-state index in [1.165, 1.54) is 14.2 Å².